The van der Waals surface area contributed by atoms with Gasteiger partial charge in [-0.1, -0.05) is 0 Å². The van der Waals surface area contributed by atoms with Crippen LogP contribution in [-0.2, 0) is 9.59 Å². The van der Waals surface area contributed by atoms with Crippen molar-refractivity contribution in [1.82, 2.24) is 5.43 Å². The van der Waals surface area contributed by atoms with Gasteiger partial charge in [0.1, 0.15) is 5.82 Å². The molecule has 0 aliphatic rings. The Bertz CT molecular complexity index is 862. The summed E-state index contributed by atoms with van der Waals surface area (Å²) in [6, 6.07) is 11.7. The minimum Gasteiger partial charge on any atom is -0.326 e. The molecule has 0 atom stereocenters. The minimum absolute atomic E-state index is 0.0167. The first-order valence-electron chi connectivity index (χ1n) is 8.10. The summed E-state index contributed by atoms with van der Waals surface area (Å²) < 4.78 is 12.8. The molecule has 0 bridgehead atoms. The van der Waals surface area contributed by atoms with Gasteiger partial charge in [-0.05, 0) is 55.5 Å². The first kappa shape index (κ1) is 19.8. The summed E-state index contributed by atoms with van der Waals surface area (Å²) in [6.45, 7) is 3.01. The van der Waals surface area contributed by atoms with Crippen molar-refractivity contribution >= 4 is 34.8 Å². The van der Waals surface area contributed by atoms with Crippen molar-refractivity contribution in [2.75, 3.05) is 10.6 Å². The number of nitrogens with zero attached hydrogens (tertiary/aromatic N) is 1. The molecule has 0 saturated carbocycles. The van der Waals surface area contributed by atoms with E-state index < -0.39 is 11.7 Å². The van der Waals surface area contributed by atoms with E-state index in [1.807, 2.05) is 0 Å². The molecule has 0 fully saturated rings. The van der Waals surface area contributed by atoms with Crippen LogP contribution < -0.4 is 16.1 Å². The number of anilines is 2. The van der Waals surface area contributed by atoms with Crippen LogP contribution in [0.2, 0.25) is 0 Å². The summed E-state index contributed by atoms with van der Waals surface area (Å²) in [5.74, 6) is -1.42. The number of halogens is 1. The topological polar surface area (TPSA) is 99.7 Å². The molecule has 0 saturated heterocycles. The van der Waals surface area contributed by atoms with Gasteiger partial charge in [-0.15, -0.1) is 0 Å². The van der Waals surface area contributed by atoms with E-state index in [1.165, 1.54) is 31.2 Å². The summed E-state index contributed by atoms with van der Waals surface area (Å²) >= 11 is 0. The van der Waals surface area contributed by atoms with Crippen molar-refractivity contribution in [3.05, 3.63) is 59.9 Å². The van der Waals surface area contributed by atoms with Crippen molar-refractivity contribution in [3.63, 3.8) is 0 Å². The van der Waals surface area contributed by atoms with Crippen LogP contribution in [0, 0.1) is 5.82 Å². The molecule has 0 aliphatic heterocycles. The molecule has 0 radical (unpaired) electrons. The van der Waals surface area contributed by atoms with Gasteiger partial charge in [0.25, 0.3) is 5.91 Å². The van der Waals surface area contributed by atoms with Gasteiger partial charge in [0.15, 0.2) is 0 Å². The molecule has 0 aliphatic carbocycles. The Morgan fingerprint density at radius 2 is 1.44 bits per heavy atom. The predicted octanol–water partition coefficient (Wildman–Crippen LogP) is 2.92. The highest BCUT2D eigenvalue weighted by Gasteiger charge is 2.07. The van der Waals surface area contributed by atoms with Gasteiger partial charge >= 0.3 is 0 Å². The van der Waals surface area contributed by atoms with E-state index in [0.717, 1.165) is 0 Å². The van der Waals surface area contributed by atoms with E-state index in [1.54, 1.807) is 31.2 Å². The monoisotopic (exact) mass is 370 g/mol. The zero-order valence-electron chi connectivity index (χ0n) is 14.9. The highest BCUT2D eigenvalue weighted by molar-refractivity contribution is 6.06. The van der Waals surface area contributed by atoms with Crippen LogP contribution in [0.1, 0.15) is 30.6 Å². The Kier molecular flexibility index (Phi) is 6.76. The number of hydrogen-bond acceptors (Lipinski definition) is 4. The first-order valence-corrected chi connectivity index (χ1v) is 8.10. The molecule has 2 rings (SSSR count). The van der Waals surface area contributed by atoms with Crippen molar-refractivity contribution in [2.45, 2.75) is 20.3 Å². The van der Waals surface area contributed by atoms with E-state index >= 15 is 0 Å². The first-order chi connectivity index (χ1) is 12.8. The van der Waals surface area contributed by atoms with Gasteiger partial charge in [0.05, 0.1) is 6.42 Å². The molecular formula is C19H19FN4O3. The lowest BCUT2D eigenvalue weighted by molar-refractivity contribution is -0.115. The summed E-state index contributed by atoms with van der Waals surface area (Å²) in [6.07, 6.45) is -0.0167. The maximum absolute atomic E-state index is 12.8. The third kappa shape index (κ3) is 6.69. The minimum atomic E-state index is -0.497. The van der Waals surface area contributed by atoms with E-state index in [9.17, 15) is 18.8 Å². The van der Waals surface area contributed by atoms with Crippen LogP contribution in [0.15, 0.2) is 53.6 Å². The van der Waals surface area contributed by atoms with Crippen molar-refractivity contribution in [2.24, 2.45) is 5.10 Å². The highest BCUT2D eigenvalue weighted by atomic mass is 19.1. The summed E-state index contributed by atoms with van der Waals surface area (Å²) in [5, 5.41) is 9.19. The van der Waals surface area contributed by atoms with Gasteiger partial charge in [-0.3, -0.25) is 14.4 Å². The van der Waals surface area contributed by atoms with Crippen LogP contribution in [0.5, 0.6) is 0 Å². The van der Waals surface area contributed by atoms with Crippen LogP contribution >= 0.6 is 0 Å². The maximum Gasteiger partial charge on any atom is 0.271 e. The predicted molar refractivity (Wildman–Crippen MR) is 101 cm³/mol. The summed E-state index contributed by atoms with van der Waals surface area (Å²) in [5.41, 5.74) is 4.17. The Balaban J connectivity index is 1.85. The van der Waals surface area contributed by atoms with Gasteiger partial charge < -0.3 is 10.6 Å². The van der Waals surface area contributed by atoms with Gasteiger partial charge in [0, 0.05) is 29.6 Å². The van der Waals surface area contributed by atoms with Crippen molar-refractivity contribution < 1.29 is 18.8 Å². The molecule has 27 heavy (non-hydrogen) atoms. The average Bonchev–Trinajstić information content (AvgIpc) is 2.61. The van der Waals surface area contributed by atoms with Gasteiger partial charge in [-0.25, -0.2) is 9.82 Å². The molecule has 3 amide bonds. The Morgan fingerprint density at radius 3 is 2.00 bits per heavy atom. The third-order valence-electron chi connectivity index (χ3n) is 3.36. The zero-order valence-corrected chi connectivity index (χ0v) is 14.9. The molecule has 7 nitrogen and oxygen atoms in total. The maximum atomic E-state index is 12.8. The Hall–Kier alpha value is -3.55. The van der Waals surface area contributed by atoms with Crippen LogP contribution in [0.3, 0.4) is 0 Å². The number of benzene rings is 2. The zero-order chi connectivity index (χ0) is 19.8. The van der Waals surface area contributed by atoms with E-state index in [4.69, 9.17) is 0 Å². The van der Waals surface area contributed by atoms with Gasteiger partial charge in [0.2, 0.25) is 11.8 Å². The van der Waals surface area contributed by atoms with Crippen LogP contribution in [0.4, 0.5) is 15.8 Å². The summed E-state index contributed by atoms with van der Waals surface area (Å²) in [7, 11) is 0. The van der Waals surface area contributed by atoms with Gasteiger partial charge in [-0.2, -0.15) is 5.10 Å². The Labute approximate surface area is 155 Å². The fourth-order valence-electron chi connectivity index (χ4n) is 2.13. The SMILES string of the molecule is CC(=O)Nc1ccc(NC(=O)CC(C)=NNC(=O)c2ccc(F)cc2)cc1. The number of hydrogen-bond donors (Lipinski definition) is 3. The molecule has 2 aromatic carbocycles. The molecule has 0 heterocycles. The van der Waals surface area contributed by atoms with Crippen LogP contribution in [0.25, 0.3) is 0 Å². The second-order valence-corrected chi connectivity index (χ2v) is 5.78. The largest absolute Gasteiger partial charge is 0.326 e. The fourth-order valence-corrected chi connectivity index (χ4v) is 2.13. The lowest BCUT2D eigenvalue weighted by Gasteiger charge is -2.07. The normalized spacial score (nSPS) is 10.9. The van der Waals surface area contributed by atoms with E-state index in [0.29, 0.717) is 17.1 Å². The highest BCUT2D eigenvalue weighted by Crippen LogP contribution is 2.13. The fraction of sp³-hybridized carbons (Fsp3) is 0.158. The lowest BCUT2D eigenvalue weighted by Crippen LogP contribution is -2.21. The van der Waals surface area contributed by atoms with E-state index in [2.05, 4.69) is 21.2 Å². The van der Waals surface area contributed by atoms with Crippen LogP contribution in [-0.4, -0.2) is 23.4 Å². The smallest absolute Gasteiger partial charge is 0.271 e. The molecule has 0 aromatic heterocycles. The second kappa shape index (κ2) is 9.23. The number of carbonyl (C=O) groups is 3. The summed E-state index contributed by atoms with van der Waals surface area (Å²) in [4.78, 5) is 34.9. The number of nitrogens with one attached hydrogen (secondary N) is 3. The lowest BCUT2D eigenvalue weighted by atomic mass is 10.2. The van der Waals surface area contributed by atoms with E-state index in [-0.39, 0.29) is 23.8 Å². The molecule has 0 unspecified atom stereocenters. The quantitative estimate of drug-likeness (QED) is 0.538. The number of amides is 3. The molecular weight excluding hydrogens is 351 g/mol. The molecule has 140 valence electrons. The van der Waals surface area contributed by atoms with Crippen molar-refractivity contribution in [3.8, 4) is 0 Å². The molecule has 2 aromatic rings. The standard InChI is InChI=1S/C19H19FN4O3/c1-12(23-24-19(27)14-3-5-15(20)6-4-14)11-18(26)22-17-9-7-16(8-10-17)21-13(2)25/h3-10H,11H2,1-2H3,(H,21,25)(H,22,26)(H,24,27). The Morgan fingerprint density at radius 1 is 0.889 bits per heavy atom. The number of carbonyl (C=O) groups excluding carboxylic acids is 3. The molecule has 0 spiro atoms. The third-order valence-corrected chi connectivity index (χ3v) is 3.36. The number of rotatable bonds is 6. The second-order valence-electron chi connectivity index (χ2n) is 5.78. The average molecular weight is 370 g/mol. The molecule has 8 heteroatoms. The van der Waals surface area contributed by atoms with Crippen molar-refractivity contribution in [1.29, 1.82) is 0 Å². The molecule has 3 N–H and O–H groups in total. The number of hydrazone groups is 1.